The Morgan fingerprint density at radius 3 is 2.40 bits per heavy atom. The highest BCUT2D eigenvalue weighted by molar-refractivity contribution is 5.50. The summed E-state index contributed by atoms with van der Waals surface area (Å²) in [6.07, 6.45) is 2.63. The molecule has 20 heavy (non-hydrogen) atoms. The van der Waals surface area contributed by atoms with Crippen molar-refractivity contribution < 1.29 is 18.9 Å². The van der Waals surface area contributed by atoms with Gasteiger partial charge in [-0.2, -0.15) is 0 Å². The van der Waals surface area contributed by atoms with Gasteiger partial charge in [0, 0.05) is 31.3 Å². The maximum Gasteiger partial charge on any atom is 0.164 e. The molecule has 0 aromatic heterocycles. The van der Waals surface area contributed by atoms with Crippen LogP contribution in [-0.2, 0) is 11.3 Å². The van der Waals surface area contributed by atoms with E-state index in [9.17, 15) is 0 Å². The Balaban J connectivity index is 2.01. The molecule has 5 heteroatoms. The SMILES string of the molecule is COc1cc(OC)c(OC)cc1CNC[C@H]1CCCO1. The summed E-state index contributed by atoms with van der Waals surface area (Å²) in [4.78, 5) is 0. The van der Waals surface area contributed by atoms with Crippen LogP contribution in [0.15, 0.2) is 12.1 Å². The molecule has 1 aromatic carbocycles. The molecule has 0 spiro atoms. The van der Waals surface area contributed by atoms with Gasteiger partial charge in [-0.3, -0.25) is 0 Å². The van der Waals surface area contributed by atoms with Crippen molar-refractivity contribution in [1.29, 1.82) is 0 Å². The lowest BCUT2D eigenvalue weighted by Crippen LogP contribution is -2.26. The lowest BCUT2D eigenvalue weighted by atomic mass is 10.1. The Bertz CT molecular complexity index is 430. The minimum absolute atomic E-state index is 0.334. The molecule has 5 nitrogen and oxygen atoms in total. The van der Waals surface area contributed by atoms with Gasteiger partial charge < -0.3 is 24.3 Å². The molecule has 1 aliphatic rings. The first-order valence-electron chi connectivity index (χ1n) is 6.89. The topological polar surface area (TPSA) is 49.0 Å². The fraction of sp³-hybridized carbons (Fsp3) is 0.600. The first-order chi connectivity index (χ1) is 9.78. The average molecular weight is 281 g/mol. The molecule has 1 saturated heterocycles. The Morgan fingerprint density at radius 1 is 1.10 bits per heavy atom. The third-order valence-electron chi connectivity index (χ3n) is 3.50. The summed E-state index contributed by atoms with van der Waals surface area (Å²) in [5.74, 6) is 2.18. The molecule has 0 bridgehead atoms. The van der Waals surface area contributed by atoms with Gasteiger partial charge >= 0.3 is 0 Å². The quantitative estimate of drug-likeness (QED) is 0.828. The van der Waals surface area contributed by atoms with Crippen molar-refractivity contribution in [2.75, 3.05) is 34.5 Å². The maximum absolute atomic E-state index is 5.59. The first kappa shape index (κ1) is 14.9. The molecule has 0 radical (unpaired) electrons. The second kappa shape index (κ2) is 7.36. The molecule has 1 fully saturated rings. The molecule has 1 N–H and O–H groups in total. The van der Waals surface area contributed by atoms with Crippen LogP contribution in [0.3, 0.4) is 0 Å². The van der Waals surface area contributed by atoms with E-state index in [1.165, 1.54) is 0 Å². The van der Waals surface area contributed by atoms with Crippen LogP contribution in [0, 0.1) is 0 Å². The normalized spacial score (nSPS) is 18.1. The Hall–Kier alpha value is -1.46. The van der Waals surface area contributed by atoms with Crippen molar-refractivity contribution in [3.8, 4) is 17.2 Å². The zero-order valence-electron chi connectivity index (χ0n) is 12.4. The summed E-state index contributed by atoms with van der Waals surface area (Å²) < 4.78 is 21.6. The number of benzene rings is 1. The fourth-order valence-corrected chi connectivity index (χ4v) is 2.40. The lowest BCUT2D eigenvalue weighted by molar-refractivity contribution is 0.110. The minimum Gasteiger partial charge on any atom is -0.496 e. The smallest absolute Gasteiger partial charge is 0.164 e. The zero-order valence-corrected chi connectivity index (χ0v) is 12.4. The number of hydrogen-bond acceptors (Lipinski definition) is 5. The van der Waals surface area contributed by atoms with Crippen LogP contribution in [0.2, 0.25) is 0 Å². The first-order valence-corrected chi connectivity index (χ1v) is 6.89. The molecule has 0 unspecified atom stereocenters. The molecule has 2 rings (SSSR count). The zero-order chi connectivity index (χ0) is 14.4. The van der Waals surface area contributed by atoms with Crippen LogP contribution in [0.5, 0.6) is 17.2 Å². The van der Waals surface area contributed by atoms with E-state index in [1.807, 2.05) is 12.1 Å². The fourth-order valence-electron chi connectivity index (χ4n) is 2.40. The highest BCUT2D eigenvalue weighted by Crippen LogP contribution is 2.34. The van der Waals surface area contributed by atoms with E-state index in [4.69, 9.17) is 18.9 Å². The van der Waals surface area contributed by atoms with Gasteiger partial charge in [-0.1, -0.05) is 0 Å². The monoisotopic (exact) mass is 281 g/mol. The van der Waals surface area contributed by atoms with E-state index < -0.39 is 0 Å². The van der Waals surface area contributed by atoms with Gasteiger partial charge in [0.15, 0.2) is 11.5 Å². The van der Waals surface area contributed by atoms with Crippen molar-refractivity contribution in [3.05, 3.63) is 17.7 Å². The molecule has 1 heterocycles. The third kappa shape index (κ3) is 3.55. The average Bonchev–Trinajstić information content (AvgIpc) is 2.99. The van der Waals surface area contributed by atoms with E-state index >= 15 is 0 Å². The van der Waals surface area contributed by atoms with Gasteiger partial charge in [0.2, 0.25) is 0 Å². The van der Waals surface area contributed by atoms with Gasteiger partial charge in [-0.15, -0.1) is 0 Å². The van der Waals surface area contributed by atoms with Gasteiger partial charge in [0.05, 0.1) is 27.4 Å². The molecular weight excluding hydrogens is 258 g/mol. The highest BCUT2D eigenvalue weighted by atomic mass is 16.5. The van der Waals surface area contributed by atoms with Crippen molar-refractivity contribution in [3.63, 3.8) is 0 Å². The second-order valence-electron chi connectivity index (χ2n) is 4.78. The molecular formula is C15H23NO4. The van der Waals surface area contributed by atoms with E-state index in [2.05, 4.69) is 5.32 Å². The second-order valence-corrected chi connectivity index (χ2v) is 4.78. The van der Waals surface area contributed by atoms with Crippen molar-refractivity contribution >= 4 is 0 Å². The molecule has 112 valence electrons. The van der Waals surface area contributed by atoms with E-state index in [-0.39, 0.29) is 0 Å². The Morgan fingerprint density at radius 2 is 1.80 bits per heavy atom. The van der Waals surface area contributed by atoms with E-state index in [0.717, 1.165) is 37.3 Å². The standard InChI is InChI=1S/C15H23NO4/c1-17-13-8-15(19-3)14(18-2)7-11(13)9-16-10-12-5-4-6-20-12/h7-8,12,16H,4-6,9-10H2,1-3H3/t12-/m1/s1. The van der Waals surface area contributed by atoms with E-state index in [0.29, 0.717) is 24.1 Å². The van der Waals surface area contributed by atoms with Gasteiger partial charge in [0.1, 0.15) is 5.75 Å². The molecule has 0 saturated carbocycles. The van der Waals surface area contributed by atoms with E-state index in [1.54, 1.807) is 21.3 Å². The molecule has 1 aliphatic heterocycles. The van der Waals surface area contributed by atoms with Crippen LogP contribution < -0.4 is 19.5 Å². The number of methoxy groups -OCH3 is 3. The summed E-state index contributed by atoms with van der Waals surface area (Å²) in [6.45, 7) is 2.45. The number of rotatable bonds is 7. The molecule has 1 atom stereocenters. The number of nitrogens with one attached hydrogen (secondary N) is 1. The van der Waals surface area contributed by atoms with Crippen LogP contribution >= 0.6 is 0 Å². The van der Waals surface area contributed by atoms with Crippen LogP contribution in [-0.4, -0.2) is 40.6 Å². The predicted molar refractivity (Wildman–Crippen MR) is 76.8 cm³/mol. The van der Waals surface area contributed by atoms with Gasteiger partial charge in [-0.25, -0.2) is 0 Å². The molecule has 0 aliphatic carbocycles. The molecule has 0 amide bonds. The minimum atomic E-state index is 0.334. The summed E-state index contributed by atoms with van der Waals surface area (Å²) in [5, 5.41) is 3.41. The van der Waals surface area contributed by atoms with Gasteiger partial charge in [-0.05, 0) is 18.9 Å². The van der Waals surface area contributed by atoms with Crippen LogP contribution in [0.4, 0.5) is 0 Å². The van der Waals surface area contributed by atoms with Crippen molar-refractivity contribution in [1.82, 2.24) is 5.32 Å². The predicted octanol–water partition coefficient (Wildman–Crippen LogP) is 1.98. The van der Waals surface area contributed by atoms with Crippen molar-refractivity contribution in [2.45, 2.75) is 25.5 Å². The number of ether oxygens (including phenoxy) is 4. The Labute approximate surface area is 120 Å². The maximum atomic E-state index is 5.59. The van der Waals surface area contributed by atoms with Gasteiger partial charge in [0.25, 0.3) is 0 Å². The summed E-state index contributed by atoms with van der Waals surface area (Å²) in [6, 6.07) is 3.79. The Kier molecular flexibility index (Phi) is 5.49. The summed E-state index contributed by atoms with van der Waals surface area (Å²) in [7, 11) is 4.91. The largest absolute Gasteiger partial charge is 0.496 e. The number of hydrogen-bond donors (Lipinski definition) is 1. The third-order valence-corrected chi connectivity index (χ3v) is 3.50. The summed E-state index contributed by atoms with van der Waals surface area (Å²) in [5.41, 5.74) is 1.04. The van der Waals surface area contributed by atoms with Crippen LogP contribution in [0.1, 0.15) is 18.4 Å². The highest BCUT2D eigenvalue weighted by Gasteiger charge is 2.16. The van der Waals surface area contributed by atoms with Crippen molar-refractivity contribution in [2.24, 2.45) is 0 Å². The summed E-state index contributed by atoms with van der Waals surface area (Å²) >= 11 is 0. The lowest BCUT2D eigenvalue weighted by Gasteiger charge is -2.15. The molecule has 1 aromatic rings. The van der Waals surface area contributed by atoms with Crippen LogP contribution in [0.25, 0.3) is 0 Å².